The van der Waals surface area contributed by atoms with E-state index in [9.17, 15) is 9.50 Å². The molecule has 1 aliphatic carbocycles. The average Bonchev–Trinajstić information content (AvgIpc) is 2.29. The van der Waals surface area contributed by atoms with Crippen LogP contribution in [0, 0.1) is 18.7 Å². The van der Waals surface area contributed by atoms with Gasteiger partial charge in [-0.3, -0.25) is 0 Å². The number of aliphatic hydroxyl groups is 1. The van der Waals surface area contributed by atoms with Gasteiger partial charge in [0.15, 0.2) is 0 Å². The fraction of sp³-hybridized carbons (Fsp3) is 0.571. The molecule has 2 rings (SSSR count). The van der Waals surface area contributed by atoms with E-state index in [0.29, 0.717) is 17.2 Å². The Hall–Kier alpha value is -1.09. The number of ether oxygens (including phenoxy) is 1. The van der Waals surface area contributed by atoms with Crippen molar-refractivity contribution < 1.29 is 14.2 Å². The van der Waals surface area contributed by atoms with Crippen molar-refractivity contribution in [2.45, 2.75) is 45.3 Å². The van der Waals surface area contributed by atoms with E-state index in [2.05, 4.69) is 6.92 Å². The summed E-state index contributed by atoms with van der Waals surface area (Å²) in [5.74, 6) is 0.988. The van der Waals surface area contributed by atoms with Crippen molar-refractivity contribution >= 4 is 0 Å². The highest BCUT2D eigenvalue weighted by molar-refractivity contribution is 5.29. The first-order valence-corrected chi connectivity index (χ1v) is 6.17. The van der Waals surface area contributed by atoms with Gasteiger partial charge in [-0.15, -0.1) is 0 Å². The van der Waals surface area contributed by atoms with E-state index in [1.54, 1.807) is 19.1 Å². The quantitative estimate of drug-likeness (QED) is 0.858. The molecule has 1 saturated carbocycles. The van der Waals surface area contributed by atoms with Gasteiger partial charge in [0.25, 0.3) is 0 Å². The van der Waals surface area contributed by atoms with Gasteiger partial charge in [0, 0.05) is 0 Å². The maximum absolute atomic E-state index is 13.1. The average molecular weight is 238 g/mol. The van der Waals surface area contributed by atoms with E-state index in [0.717, 1.165) is 19.3 Å². The van der Waals surface area contributed by atoms with E-state index in [1.165, 1.54) is 6.07 Å². The van der Waals surface area contributed by atoms with Gasteiger partial charge in [0.2, 0.25) is 0 Å². The van der Waals surface area contributed by atoms with Crippen LogP contribution in [0.2, 0.25) is 0 Å². The molecule has 0 spiro atoms. The Bertz CT molecular complexity index is 392. The van der Waals surface area contributed by atoms with Crippen LogP contribution in [0.1, 0.15) is 31.7 Å². The van der Waals surface area contributed by atoms with Gasteiger partial charge in [-0.2, -0.15) is 0 Å². The summed E-state index contributed by atoms with van der Waals surface area (Å²) in [7, 11) is 0. The summed E-state index contributed by atoms with van der Waals surface area (Å²) < 4.78 is 18.9. The molecular formula is C14H19FO2. The highest BCUT2D eigenvalue weighted by atomic mass is 19.1. The molecular weight excluding hydrogens is 219 g/mol. The molecule has 1 N–H and O–H groups in total. The third kappa shape index (κ3) is 2.97. The van der Waals surface area contributed by atoms with Gasteiger partial charge in [0.05, 0.1) is 6.10 Å². The molecule has 0 bridgehead atoms. The van der Waals surface area contributed by atoms with Crippen LogP contribution in [0.4, 0.5) is 4.39 Å². The minimum Gasteiger partial charge on any atom is -0.488 e. The minimum absolute atomic E-state index is 0.163. The zero-order valence-corrected chi connectivity index (χ0v) is 10.3. The van der Waals surface area contributed by atoms with Crippen LogP contribution in [-0.4, -0.2) is 17.3 Å². The molecule has 3 atom stereocenters. The Morgan fingerprint density at radius 2 is 2.12 bits per heavy atom. The first kappa shape index (κ1) is 12.4. The second kappa shape index (κ2) is 5.05. The molecule has 0 radical (unpaired) electrons. The summed E-state index contributed by atoms with van der Waals surface area (Å²) in [4.78, 5) is 0. The number of hydrogen-bond donors (Lipinski definition) is 1. The third-order valence-electron chi connectivity index (χ3n) is 3.44. The molecule has 0 heterocycles. The zero-order chi connectivity index (χ0) is 12.4. The number of benzene rings is 1. The molecule has 0 saturated heterocycles. The Kier molecular flexibility index (Phi) is 3.67. The highest BCUT2D eigenvalue weighted by Gasteiger charge is 2.28. The Morgan fingerprint density at radius 3 is 2.82 bits per heavy atom. The number of aliphatic hydroxyl groups excluding tert-OH is 1. The van der Waals surface area contributed by atoms with Gasteiger partial charge in [-0.25, -0.2) is 4.39 Å². The topological polar surface area (TPSA) is 29.5 Å². The Labute approximate surface area is 101 Å². The summed E-state index contributed by atoms with van der Waals surface area (Å²) >= 11 is 0. The van der Waals surface area contributed by atoms with Gasteiger partial charge >= 0.3 is 0 Å². The van der Waals surface area contributed by atoms with Crippen LogP contribution in [-0.2, 0) is 0 Å². The lowest BCUT2D eigenvalue weighted by molar-refractivity contribution is -0.00763. The second-order valence-electron chi connectivity index (χ2n) is 5.05. The number of halogens is 1. The normalized spacial score (nSPS) is 29.1. The fourth-order valence-electron chi connectivity index (χ4n) is 2.30. The SMILES string of the molecule is Cc1cc(OC2CC(C)CCC2O)ccc1F. The summed E-state index contributed by atoms with van der Waals surface area (Å²) in [6, 6.07) is 4.71. The lowest BCUT2D eigenvalue weighted by atomic mass is 9.86. The Balaban J connectivity index is 2.06. The van der Waals surface area contributed by atoms with Crippen molar-refractivity contribution in [1.82, 2.24) is 0 Å². The van der Waals surface area contributed by atoms with Crippen molar-refractivity contribution in [3.05, 3.63) is 29.6 Å². The third-order valence-corrected chi connectivity index (χ3v) is 3.44. The van der Waals surface area contributed by atoms with Crippen molar-refractivity contribution in [2.75, 3.05) is 0 Å². The molecule has 17 heavy (non-hydrogen) atoms. The molecule has 0 amide bonds. The maximum atomic E-state index is 13.1. The van der Waals surface area contributed by atoms with Crippen molar-refractivity contribution in [3.8, 4) is 5.75 Å². The van der Waals surface area contributed by atoms with Gasteiger partial charge in [-0.1, -0.05) is 6.92 Å². The lowest BCUT2D eigenvalue weighted by Crippen LogP contribution is -2.37. The van der Waals surface area contributed by atoms with E-state index in [1.807, 2.05) is 0 Å². The zero-order valence-electron chi connectivity index (χ0n) is 10.3. The molecule has 0 aromatic heterocycles. The molecule has 1 aromatic rings. The molecule has 1 aliphatic rings. The summed E-state index contributed by atoms with van der Waals surface area (Å²) in [6.45, 7) is 3.88. The predicted octanol–water partition coefficient (Wildman–Crippen LogP) is 3.06. The van der Waals surface area contributed by atoms with Crippen LogP contribution in [0.15, 0.2) is 18.2 Å². The lowest BCUT2D eigenvalue weighted by Gasteiger charge is -2.31. The summed E-state index contributed by atoms with van der Waals surface area (Å²) in [6.07, 6.45) is 2.12. The first-order chi connectivity index (χ1) is 8.06. The van der Waals surface area contributed by atoms with E-state index in [4.69, 9.17) is 4.74 Å². The molecule has 1 aromatic carbocycles. The van der Waals surface area contributed by atoms with E-state index < -0.39 is 6.10 Å². The van der Waals surface area contributed by atoms with Crippen LogP contribution < -0.4 is 4.74 Å². The Morgan fingerprint density at radius 1 is 1.35 bits per heavy atom. The van der Waals surface area contributed by atoms with Crippen molar-refractivity contribution in [2.24, 2.45) is 5.92 Å². The molecule has 3 heteroatoms. The largest absolute Gasteiger partial charge is 0.488 e. The molecule has 3 unspecified atom stereocenters. The number of aryl methyl sites for hydroxylation is 1. The van der Waals surface area contributed by atoms with Crippen LogP contribution in [0.25, 0.3) is 0 Å². The van der Waals surface area contributed by atoms with Gasteiger partial charge in [-0.05, 0) is 55.9 Å². The summed E-state index contributed by atoms with van der Waals surface area (Å²) in [5.41, 5.74) is 0.570. The monoisotopic (exact) mass is 238 g/mol. The molecule has 0 aliphatic heterocycles. The molecule has 94 valence electrons. The standard InChI is InChI=1S/C14H19FO2/c1-9-3-6-13(16)14(7-9)17-11-4-5-12(15)10(2)8-11/h4-5,8-9,13-14,16H,3,6-7H2,1-2H3. The summed E-state index contributed by atoms with van der Waals surface area (Å²) in [5, 5.41) is 9.87. The predicted molar refractivity (Wildman–Crippen MR) is 64.6 cm³/mol. The maximum Gasteiger partial charge on any atom is 0.126 e. The second-order valence-corrected chi connectivity index (χ2v) is 5.05. The van der Waals surface area contributed by atoms with Gasteiger partial charge < -0.3 is 9.84 Å². The van der Waals surface area contributed by atoms with Crippen LogP contribution in [0.5, 0.6) is 5.75 Å². The van der Waals surface area contributed by atoms with Crippen molar-refractivity contribution in [1.29, 1.82) is 0 Å². The highest BCUT2D eigenvalue weighted by Crippen LogP contribution is 2.28. The van der Waals surface area contributed by atoms with Gasteiger partial charge in [0.1, 0.15) is 17.7 Å². The number of rotatable bonds is 2. The van der Waals surface area contributed by atoms with E-state index in [-0.39, 0.29) is 11.9 Å². The van der Waals surface area contributed by atoms with E-state index >= 15 is 0 Å². The smallest absolute Gasteiger partial charge is 0.126 e. The molecule has 2 nitrogen and oxygen atoms in total. The number of hydrogen-bond acceptors (Lipinski definition) is 2. The van der Waals surface area contributed by atoms with Crippen LogP contribution >= 0.6 is 0 Å². The fourth-order valence-corrected chi connectivity index (χ4v) is 2.30. The van der Waals surface area contributed by atoms with Crippen molar-refractivity contribution in [3.63, 3.8) is 0 Å². The minimum atomic E-state index is -0.406. The molecule has 1 fully saturated rings. The first-order valence-electron chi connectivity index (χ1n) is 6.17. The van der Waals surface area contributed by atoms with Crippen LogP contribution in [0.3, 0.4) is 0 Å².